The molecule has 0 aliphatic carbocycles. The van der Waals surface area contributed by atoms with Gasteiger partial charge in [0.15, 0.2) is 0 Å². The van der Waals surface area contributed by atoms with E-state index in [1.165, 1.54) is 18.4 Å². The molecular weight excluding hydrogens is 374 g/mol. The molecule has 8 heteroatoms. The third-order valence-corrected chi connectivity index (χ3v) is 5.63. The molecule has 6 nitrogen and oxygen atoms in total. The zero-order chi connectivity index (χ0) is 18.7. The van der Waals surface area contributed by atoms with Crippen molar-refractivity contribution in [1.29, 1.82) is 0 Å². The van der Waals surface area contributed by atoms with Gasteiger partial charge < -0.3 is 14.8 Å². The van der Waals surface area contributed by atoms with Gasteiger partial charge in [-0.2, -0.15) is 0 Å². The molecule has 0 aliphatic heterocycles. The summed E-state index contributed by atoms with van der Waals surface area (Å²) in [6.07, 6.45) is 0. The van der Waals surface area contributed by atoms with Crippen LogP contribution in [0.5, 0.6) is 0 Å². The second kappa shape index (κ2) is 7.67. The number of thiophene rings is 2. The third kappa shape index (κ3) is 3.76. The minimum atomic E-state index is -0.472. The van der Waals surface area contributed by atoms with Crippen molar-refractivity contribution in [3.05, 3.63) is 51.0 Å². The molecule has 0 aliphatic rings. The first kappa shape index (κ1) is 18.1. The van der Waals surface area contributed by atoms with E-state index in [1.807, 2.05) is 6.07 Å². The number of nitrogens with one attached hydrogen (secondary N) is 1. The van der Waals surface area contributed by atoms with E-state index in [9.17, 15) is 14.4 Å². The van der Waals surface area contributed by atoms with Crippen molar-refractivity contribution in [3.63, 3.8) is 0 Å². The first-order chi connectivity index (χ1) is 12.5. The third-order valence-electron chi connectivity index (χ3n) is 3.47. The first-order valence-corrected chi connectivity index (χ1v) is 9.35. The second-order valence-electron chi connectivity index (χ2n) is 5.19. The smallest absolute Gasteiger partial charge is 0.348 e. The fourth-order valence-corrected chi connectivity index (χ4v) is 4.04. The molecule has 26 heavy (non-hydrogen) atoms. The van der Waals surface area contributed by atoms with Crippen molar-refractivity contribution < 1.29 is 23.9 Å². The van der Waals surface area contributed by atoms with E-state index in [1.54, 1.807) is 37.3 Å². The predicted molar refractivity (Wildman–Crippen MR) is 101 cm³/mol. The van der Waals surface area contributed by atoms with Crippen LogP contribution in [0.1, 0.15) is 35.9 Å². The lowest BCUT2D eigenvalue weighted by Gasteiger charge is -2.03. The van der Waals surface area contributed by atoms with Gasteiger partial charge in [-0.15, -0.1) is 22.7 Å². The largest absolute Gasteiger partial charge is 0.465 e. The van der Waals surface area contributed by atoms with Gasteiger partial charge in [0.25, 0.3) is 5.91 Å². The van der Waals surface area contributed by atoms with E-state index < -0.39 is 5.97 Å². The van der Waals surface area contributed by atoms with Crippen LogP contribution in [-0.2, 0) is 9.47 Å². The number of esters is 2. The Balaban J connectivity index is 1.78. The Morgan fingerprint density at radius 1 is 0.962 bits per heavy atom. The molecule has 1 N–H and O–H groups in total. The van der Waals surface area contributed by atoms with E-state index in [0.717, 1.165) is 21.4 Å². The molecule has 1 amide bonds. The fraction of sp³-hybridized carbons (Fsp3) is 0.167. The van der Waals surface area contributed by atoms with Gasteiger partial charge in [-0.1, -0.05) is 0 Å². The topological polar surface area (TPSA) is 81.7 Å². The number of amides is 1. The van der Waals surface area contributed by atoms with Crippen molar-refractivity contribution in [2.24, 2.45) is 0 Å². The summed E-state index contributed by atoms with van der Waals surface area (Å²) in [5.74, 6) is -1.14. The summed E-state index contributed by atoms with van der Waals surface area (Å²) < 4.78 is 10.6. The van der Waals surface area contributed by atoms with E-state index in [0.29, 0.717) is 26.9 Å². The molecule has 0 saturated heterocycles. The zero-order valence-corrected chi connectivity index (χ0v) is 15.7. The molecule has 3 rings (SSSR count). The number of carbonyl (C=O) groups is 3. The highest BCUT2D eigenvalue weighted by Crippen LogP contribution is 2.29. The lowest BCUT2D eigenvalue weighted by Crippen LogP contribution is -2.09. The fourth-order valence-electron chi connectivity index (χ4n) is 2.29. The maximum absolute atomic E-state index is 12.3. The Labute approximate surface area is 157 Å². The molecular formula is C18H15NO5S2. The number of rotatable bonds is 5. The van der Waals surface area contributed by atoms with Crippen molar-refractivity contribution in [3.8, 4) is 0 Å². The van der Waals surface area contributed by atoms with E-state index >= 15 is 0 Å². The van der Waals surface area contributed by atoms with Crippen LogP contribution in [0.2, 0.25) is 0 Å². The average Bonchev–Trinajstić information content (AvgIpc) is 3.28. The molecule has 134 valence electrons. The SMILES string of the molecule is CCOC(=O)c1cc2cc(NC(=O)c3ccc(C(=O)OC)s3)ccc2s1. The summed E-state index contributed by atoms with van der Waals surface area (Å²) in [7, 11) is 1.29. The van der Waals surface area contributed by atoms with Gasteiger partial charge >= 0.3 is 11.9 Å². The number of fused-ring (bicyclic) bond motifs is 1. The molecule has 0 unspecified atom stereocenters. The maximum Gasteiger partial charge on any atom is 0.348 e. The number of hydrogen-bond donors (Lipinski definition) is 1. The Morgan fingerprint density at radius 2 is 1.73 bits per heavy atom. The molecule has 1 aromatic carbocycles. The first-order valence-electron chi connectivity index (χ1n) is 7.72. The van der Waals surface area contributed by atoms with Crippen molar-refractivity contribution in [2.75, 3.05) is 19.0 Å². The molecule has 0 atom stereocenters. The Morgan fingerprint density at radius 3 is 2.46 bits per heavy atom. The number of anilines is 1. The average molecular weight is 389 g/mol. The molecule has 0 spiro atoms. The molecule has 0 fully saturated rings. The number of benzene rings is 1. The van der Waals surface area contributed by atoms with Gasteiger partial charge in [0.2, 0.25) is 0 Å². The maximum atomic E-state index is 12.3. The van der Waals surface area contributed by atoms with Crippen molar-refractivity contribution in [2.45, 2.75) is 6.92 Å². The number of methoxy groups -OCH3 is 1. The lowest BCUT2D eigenvalue weighted by atomic mass is 10.2. The quantitative estimate of drug-likeness (QED) is 0.662. The summed E-state index contributed by atoms with van der Waals surface area (Å²) in [6, 6.07) is 10.3. The van der Waals surface area contributed by atoms with Crippen LogP contribution >= 0.6 is 22.7 Å². The van der Waals surface area contributed by atoms with Crippen LogP contribution < -0.4 is 5.32 Å². The molecule has 2 heterocycles. The number of ether oxygens (including phenoxy) is 2. The molecule has 0 radical (unpaired) electrons. The van der Waals surface area contributed by atoms with Gasteiger partial charge in [0, 0.05) is 10.4 Å². The Kier molecular flexibility index (Phi) is 5.34. The van der Waals surface area contributed by atoms with E-state index in [4.69, 9.17) is 4.74 Å². The van der Waals surface area contributed by atoms with Gasteiger partial charge in [-0.05, 0) is 48.7 Å². The van der Waals surface area contributed by atoms with Crippen molar-refractivity contribution >= 4 is 56.3 Å². The minimum Gasteiger partial charge on any atom is -0.465 e. The normalized spacial score (nSPS) is 10.5. The van der Waals surface area contributed by atoms with Crippen LogP contribution in [0.3, 0.4) is 0 Å². The number of hydrogen-bond acceptors (Lipinski definition) is 7. The second-order valence-corrected chi connectivity index (χ2v) is 7.36. The summed E-state index contributed by atoms with van der Waals surface area (Å²) in [6.45, 7) is 2.08. The highest BCUT2D eigenvalue weighted by Gasteiger charge is 2.15. The van der Waals surface area contributed by atoms with Gasteiger partial charge in [-0.25, -0.2) is 9.59 Å². The molecule has 0 saturated carbocycles. The van der Waals surface area contributed by atoms with Gasteiger partial charge in [-0.3, -0.25) is 4.79 Å². The van der Waals surface area contributed by atoms with Gasteiger partial charge in [0.1, 0.15) is 9.75 Å². The summed E-state index contributed by atoms with van der Waals surface area (Å²) in [5.41, 5.74) is 0.601. The molecule has 3 aromatic rings. The van der Waals surface area contributed by atoms with Crippen LogP contribution in [0.15, 0.2) is 36.4 Å². The Hall–Kier alpha value is -2.71. The summed E-state index contributed by atoms with van der Waals surface area (Å²) in [4.78, 5) is 36.9. The Bertz CT molecular complexity index is 989. The van der Waals surface area contributed by atoms with Crippen LogP contribution in [0, 0.1) is 0 Å². The summed E-state index contributed by atoms with van der Waals surface area (Å²) >= 11 is 2.41. The predicted octanol–water partition coefficient (Wildman–Crippen LogP) is 4.18. The van der Waals surface area contributed by atoms with Crippen LogP contribution in [0.25, 0.3) is 10.1 Å². The number of carbonyl (C=O) groups excluding carboxylic acids is 3. The van der Waals surface area contributed by atoms with Crippen LogP contribution in [-0.4, -0.2) is 31.6 Å². The van der Waals surface area contributed by atoms with E-state index in [-0.39, 0.29) is 11.9 Å². The highest BCUT2D eigenvalue weighted by molar-refractivity contribution is 7.20. The van der Waals surface area contributed by atoms with E-state index in [2.05, 4.69) is 10.1 Å². The molecule has 0 bridgehead atoms. The lowest BCUT2D eigenvalue weighted by molar-refractivity contribution is 0.0531. The standard InChI is InChI=1S/C18H15NO5S2/c1-3-24-18(22)15-9-10-8-11(4-5-12(10)25-15)19-16(20)13-6-7-14(26-13)17(21)23-2/h4-9H,3H2,1-2H3,(H,19,20). The zero-order valence-electron chi connectivity index (χ0n) is 14.0. The summed E-state index contributed by atoms with van der Waals surface area (Å²) in [5, 5.41) is 3.64. The minimum absolute atomic E-state index is 0.314. The van der Waals surface area contributed by atoms with Crippen LogP contribution in [0.4, 0.5) is 5.69 Å². The molecule has 2 aromatic heterocycles. The highest BCUT2D eigenvalue weighted by atomic mass is 32.1. The van der Waals surface area contributed by atoms with Crippen molar-refractivity contribution in [1.82, 2.24) is 0 Å². The van der Waals surface area contributed by atoms with Gasteiger partial charge in [0.05, 0.1) is 18.6 Å². The monoisotopic (exact) mass is 389 g/mol.